The first kappa shape index (κ1) is 14.8. The van der Waals surface area contributed by atoms with E-state index in [1.165, 1.54) is 18.9 Å². The molecular formula is C14H18N2O3S2. The van der Waals surface area contributed by atoms with E-state index in [9.17, 15) is 8.42 Å². The van der Waals surface area contributed by atoms with E-state index in [4.69, 9.17) is 4.42 Å². The molecule has 0 bridgehead atoms. The van der Waals surface area contributed by atoms with E-state index >= 15 is 0 Å². The van der Waals surface area contributed by atoms with Crippen LogP contribution >= 0.6 is 11.3 Å². The van der Waals surface area contributed by atoms with Crippen LogP contribution in [-0.4, -0.2) is 14.5 Å². The summed E-state index contributed by atoms with van der Waals surface area (Å²) in [6.07, 6.45) is 2.38. The molecule has 2 heterocycles. The van der Waals surface area contributed by atoms with Crippen molar-refractivity contribution in [3.05, 3.63) is 39.8 Å². The van der Waals surface area contributed by atoms with Crippen molar-refractivity contribution in [1.29, 1.82) is 0 Å². The highest BCUT2D eigenvalue weighted by molar-refractivity contribution is 7.89. The average molecular weight is 326 g/mol. The van der Waals surface area contributed by atoms with Gasteiger partial charge in [0.1, 0.15) is 5.76 Å². The van der Waals surface area contributed by atoms with Crippen molar-refractivity contribution in [2.45, 2.75) is 44.0 Å². The van der Waals surface area contributed by atoms with Gasteiger partial charge in [0.05, 0.1) is 6.54 Å². The van der Waals surface area contributed by atoms with Crippen molar-refractivity contribution in [2.24, 2.45) is 0 Å². The molecule has 5 nitrogen and oxygen atoms in total. The lowest BCUT2D eigenvalue weighted by molar-refractivity contribution is 0.399. The first-order valence-electron chi connectivity index (χ1n) is 6.88. The maximum absolute atomic E-state index is 12.2. The minimum absolute atomic E-state index is 0.0250. The Morgan fingerprint density at radius 3 is 2.76 bits per heavy atom. The molecule has 2 aromatic rings. The third-order valence-electron chi connectivity index (χ3n) is 3.46. The van der Waals surface area contributed by atoms with Gasteiger partial charge in [-0.15, -0.1) is 0 Å². The monoisotopic (exact) mass is 326 g/mol. The second kappa shape index (κ2) is 5.92. The average Bonchev–Trinajstić information content (AvgIpc) is 2.98. The Morgan fingerprint density at radius 2 is 2.10 bits per heavy atom. The van der Waals surface area contributed by atoms with Crippen LogP contribution in [0.25, 0.3) is 0 Å². The lowest BCUT2D eigenvalue weighted by atomic mass is 10.2. The number of sulfonamides is 1. The van der Waals surface area contributed by atoms with Crippen LogP contribution in [-0.2, 0) is 23.1 Å². The standard InChI is InChI=1S/C14H18N2O3S2/c1-10-8-20-9-11(10)6-16-21(17,18)14-5-4-13(19-14)7-15-12-2-3-12/h4-5,8-9,12,15-16H,2-3,6-7H2,1H3. The van der Waals surface area contributed by atoms with Crippen LogP contribution in [0.15, 0.2) is 32.4 Å². The van der Waals surface area contributed by atoms with Crippen molar-refractivity contribution in [2.75, 3.05) is 0 Å². The smallest absolute Gasteiger partial charge is 0.274 e. The van der Waals surface area contributed by atoms with E-state index in [1.54, 1.807) is 17.4 Å². The summed E-state index contributed by atoms with van der Waals surface area (Å²) >= 11 is 1.57. The Labute approximate surface area is 128 Å². The van der Waals surface area contributed by atoms with Crippen molar-refractivity contribution < 1.29 is 12.8 Å². The fraction of sp³-hybridized carbons (Fsp3) is 0.429. The summed E-state index contributed by atoms with van der Waals surface area (Å²) in [6, 6.07) is 3.78. The Bertz CT molecular complexity index is 714. The molecule has 114 valence electrons. The predicted octanol–water partition coefficient (Wildman–Crippen LogP) is 2.38. The summed E-state index contributed by atoms with van der Waals surface area (Å²) in [5.41, 5.74) is 2.09. The topological polar surface area (TPSA) is 71.3 Å². The summed E-state index contributed by atoms with van der Waals surface area (Å²) in [6.45, 7) is 2.83. The van der Waals surface area contributed by atoms with Gasteiger partial charge in [-0.1, -0.05) is 0 Å². The van der Waals surface area contributed by atoms with Gasteiger partial charge in [0.25, 0.3) is 10.0 Å². The highest BCUT2D eigenvalue weighted by Crippen LogP contribution is 2.21. The summed E-state index contributed by atoms with van der Waals surface area (Å²) < 4.78 is 32.4. The van der Waals surface area contributed by atoms with Gasteiger partial charge in [-0.2, -0.15) is 11.3 Å². The van der Waals surface area contributed by atoms with Crippen LogP contribution in [0.1, 0.15) is 29.7 Å². The number of hydrogen-bond acceptors (Lipinski definition) is 5. The van der Waals surface area contributed by atoms with E-state index in [0.29, 0.717) is 18.3 Å². The molecule has 0 spiro atoms. The minimum Gasteiger partial charge on any atom is -0.447 e. The predicted molar refractivity (Wildman–Crippen MR) is 81.7 cm³/mol. The Morgan fingerprint density at radius 1 is 1.29 bits per heavy atom. The second-order valence-corrected chi connectivity index (χ2v) is 7.72. The number of nitrogens with one attached hydrogen (secondary N) is 2. The van der Waals surface area contributed by atoms with Crippen LogP contribution in [0.3, 0.4) is 0 Å². The molecule has 1 aliphatic rings. The van der Waals surface area contributed by atoms with Crippen molar-refractivity contribution >= 4 is 21.4 Å². The third-order valence-corrected chi connectivity index (χ3v) is 5.64. The number of thiophene rings is 1. The summed E-state index contributed by atoms with van der Waals surface area (Å²) in [5.74, 6) is 0.647. The highest BCUT2D eigenvalue weighted by Gasteiger charge is 2.22. The number of rotatable bonds is 7. The van der Waals surface area contributed by atoms with Gasteiger partial charge >= 0.3 is 0 Å². The highest BCUT2D eigenvalue weighted by atomic mass is 32.2. The molecule has 0 radical (unpaired) electrons. The first-order chi connectivity index (χ1) is 10.0. The maximum Gasteiger partial charge on any atom is 0.274 e. The van der Waals surface area contributed by atoms with E-state index in [2.05, 4.69) is 10.0 Å². The Hall–Kier alpha value is -1.15. The Balaban J connectivity index is 1.62. The van der Waals surface area contributed by atoms with Gasteiger partial charge in [0.2, 0.25) is 5.09 Å². The number of hydrogen-bond donors (Lipinski definition) is 2. The molecule has 0 atom stereocenters. The molecule has 2 N–H and O–H groups in total. The number of furan rings is 1. The van der Waals surface area contributed by atoms with E-state index in [-0.39, 0.29) is 11.6 Å². The summed E-state index contributed by atoms with van der Waals surface area (Å²) in [5, 5.41) is 7.21. The van der Waals surface area contributed by atoms with Gasteiger partial charge in [-0.05, 0) is 53.8 Å². The lowest BCUT2D eigenvalue weighted by Crippen LogP contribution is -2.23. The Kier molecular flexibility index (Phi) is 4.17. The van der Waals surface area contributed by atoms with Gasteiger partial charge in [-0.25, -0.2) is 13.1 Å². The molecule has 1 fully saturated rings. The molecule has 1 aliphatic carbocycles. The number of aryl methyl sites for hydroxylation is 1. The van der Waals surface area contributed by atoms with Gasteiger partial charge in [0, 0.05) is 12.6 Å². The van der Waals surface area contributed by atoms with Gasteiger partial charge in [0.15, 0.2) is 0 Å². The van der Waals surface area contributed by atoms with E-state index in [0.717, 1.165) is 11.1 Å². The molecular weight excluding hydrogens is 308 g/mol. The van der Waals surface area contributed by atoms with Crippen LogP contribution in [0.2, 0.25) is 0 Å². The zero-order valence-electron chi connectivity index (χ0n) is 11.8. The molecule has 0 amide bonds. The second-order valence-electron chi connectivity index (χ2n) is 5.28. The van der Waals surface area contributed by atoms with Crippen molar-refractivity contribution in [3.8, 4) is 0 Å². The minimum atomic E-state index is -3.60. The third kappa shape index (κ3) is 3.74. The van der Waals surface area contributed by atoms with Crippen LogP contribution < -0.4 is 10.0 Å². The van der Waals surface area contributed by atoms with E-state index < -0.39 is 10.0 Å². The van der Waals surface area contributed by atoms with Crippen molar-refractivity contribution in [1.82, 2.24) is 10.0 Å². The van der Waals surface area contributed by atoms with Gasteiger partial charge < -0.3 is 9.73 Å². The van der Waals surface area contributed by atoms with Crippen molar-refractivity contribution in [3.63, 3.8) is 0 Å². The normalized spacial score (nSPS) is 15.5. The molecule has 0 aromatic carbocycles. The van der Waals surface area contributed by atoms with Crippen LogP contribution in [0.4, 0.5) is 0 Å². The molecule has 1 saturated carbocycles. The van der Waals surface area contributed by atoms with Crippen LogP contribution in [0.5, 0.6) is 0 Å². The molecule has 2 aromatic heterocycles. The van der Waals surface area contributed by atoms with E-state index in [1.807, 2.05) is 17.7 Å². The molecule has 0 saturated heterocycles. The molecule has 21 heavy (non-hydrogen) atoms. The van der Waals surface area contributed by atoms with Crippen LogP contribution in [0, 0.1) is 6.92 Å². The summed E-state index contributed by atoms with van der Waals surface area (Å²) in [7, 11) is -3.60. The molecule has 3 rings (SSSR count). The molecule has 0 unspecified atom stereocenters. The maximum atomic E-state index is 12.2. The summed E-state index contributed by atoms with van der Waals surface area (Å²) in [4.78, 5) is 0. The SMILES string of the molecule is Cc1cscc1CNS(=O)(=O)c1ccc(CNC2CC2)o1. The molecule has 7 heteroatoms. The zero-order valence-corrected chi connectivity index (χ0v) is 13.4. The first-order valence-corrected chi connectivity index (χ1v) is 9.30. The fourth-order valence-corrected chi connectivity index (χ4v) is 3.75. The molecule has 0 aliphatic heterocycles. The fourth-order valence-electron chi connectivity index (χ4n) is 1.94. The zero-order chi connectivity index (χ0) is 14.9. The van der Waals surface area contributed by atoms with Gasteiger partial charge in [-0.3, -0.25) is 0 Å². The lowest BCUT2D eigenvalue weighted by Gasteiger charge is -2.04. The largest absolute Gasteiger partial charge is 0.447 e. The quantitative estimate of drug-likeness (QED) is 0.819.